The minimum absolute atomic E-state index is 0.103. The maximum absolute atomic E-state index is 12.1. The average molecular weight is 318 g/mol. The van der Waals surface area contributed by atoms with Crippen molar-refractivity contribution < 1.29 is 9.59 Å². The molecule has 1 aromatic rings. The number of benzene rings is 1. The monoisotopic (exact) mass is 318 g/mol. The van der Waals surface area contributed by atoms with Crippen LogP contribution in [0.2, 0.25) is 0 Å². The number of rotatable bonds is 6. The summed E-state index contributed by atoms with van der Waals surface area (Å²) in [5.41, 5.74) is 6.96. The summed E-state index contributed by atoms with van der Waals surface area (Å²) in [5.74, 6) is -0.0155. The van der Waals surface area contributed by atoms with E-state index in [4.69, 9.17) is 5.73 Å². The lowest BCUT2D eigenvalue weighted by Gasteiger charge is -2.32. The molecule has 23 heavy (non-hydrogen) atoms. The zero-order chi connectivity index (χ0) is 16.7. The number of nitrogens with one attached hydrogen (secondary N) is 1. The molecule has 0 aromatic heterocycles. The Morgan fingerprint density at radius 1 is 1.17 bits per heavy atom. The molecule has 0 spiro atoms. The zero-order valence-corrected chi connectivity index (χ0v) is 13.7. The van der Waals surface area contributed by atoms with E-state index in [2.05, 4.69) is 17.3 Å². The van der Waals surface area contributed by atoms with E-state index >= 15 is 0 Å². The van der Waals surface area contributed by atoms with Crippen LogP contribution in [0.25, 0.3) is 0 Å². The number of piperazine rings is 1. The maximum atomic E-state index is 12.1. The normalized spacial score (nSPS) is 16.9. The summed E-state index contributed by atoms with van der Waals surface area (Å²) in [6, 6.07) is 9.23. The lowest BCUT2D eigenvalue weighted by Crippen LogP contribution is -2.47. The molecule has 0 saturated carbocycles. The molecule has 1 saturated heterocycles. The van der Waals surface area contributed by atoms with Crippen LogP contribution in [0.5, 0.6) is 0 Å². The fourth-order valence-corrected chi connectivity index (χ4v) is 2.61. The zero-order valence-electron chi connectivity index (χ0n) is 13.7. The van der Waals surface area contributed by atoms with Gasteiger partial charge < -0.3 is 20.9 Å². The Kier molecular flexibility index (Phi) is 6.55. The second-order valence-electron chi connectivity index (χ2n) is 6.01. The quantitative estimate of drug-likeness (QED) is 0.794. The van der Waals surface area contributed by atoms with Crippen molar-refractivity contribution in [3.05, 3.63) is 35.9 Å². The summed E-state index contributed by atoms with van der Waals surface area (Å²) < 4.78 is 0. The molecule has 0 radical (unpaired) electrons. The van der Waals surface area contributed by atoms with Gasteiger partial charge >= 0.3 is 0 Å². The fourth-order valence-electron chi connectivity index (χ4n) is 2.61. The van der Waals surface area contributed by atoms with E-state index in [0.717, 1.165) is 31.7 Å². The topological polar surface area (TPSA) is 78.7 Å². The van der Waals surface area contributed by atoms with Crippen molar-refractivity contribution in [3.63, 3.8) is 0 Å². The summed E-state index contributed by atoms with van der Waals surface area (Å²) >= 11 is 0. The second kappa shape index (κ2) is 8.64. The van der Waals surface area contributed by atoms with Gasteiger partial charge in [-0.3, -0.25) is 9.59 Å². The van der Waals surface area contributed by atoms with Crippen molar-refractivity contribution in [3.8, 4) is 0 Å². The Morgan fingerprint density at radius 3 is 2.48 bits per heavy atom. The maximum Gasteiger partial charge on any atom is 0.224 e. The first-order chi connectivity index (χ1) is 11.1. The molecule has 1 heterocycles. The van der Waals surface area contributed by atoms with E-state index < -0.39 is 0 Å². The third-order valence-corrected chi connectivity index (χ3v) is 4.15. The molecular weight excluding hydrogens is 292 g/mol. The number of hydrogen-bond acceptors (Lipinski definition) is 4. The van der Waals surface area contributed by atoms with Gasteiger partial charge in [-0.25, -0.2) is 0 Å². The molecule has 1 aliphatic rings. The smallest absolute Gasteiger partial charge is 0.224 e. The van der Waals surface area contributed by atoms with Crippen molar-refractivity contribution in [1.82, 2.24) is 15.1 Å². The molecule has 1 aromatic carbocycles. The lowest BCUT2D eigenvalue weighted by molar-refractivity contribution is -0.132. The number of carbonyl (C=O) groups is 2. The molecule has 0 bridgehead atoms. The highest BCUT2D eigenvalue weighted by molar-refractivity contribution is 5.79. The van der Waals surface area contributed by atoms with E-state index in [0.29, 0.717) is 13.0 Å². The van der Waals surface area contributed by atoms with E-state index in [-0.39, 0.29) is 24.3 Å². The first kappa shape index (κ1) is 17.4. The van der Waals surface area contributed by atoms with Crippen LogP contribution in [-0.2, 0) is 9.59 Å². The first-order valence-electron chi connectivity index (χ1n) is 8.10. The number of nitrogens with two attached hydrogens (primary N) is 1. The van der Waals surface area contributed by atoms with Crippen molar-refractivity contribution in [2.75, 3.05) is 39.8 Å². The van der Waals surface area contributed by atoms with Crippen LogP contribution >= 0.6 is 0 Å². The van der Waals surface area contributed by atoms with Crippen LogP contribution in [0.3, 0.4) is 0 Å². The number of hydrogen-bond donors (Lipinski definition) is 2. The highest BCUT2D eigenvalue weighted by Crippen LogP contribution is 2.12. The van der Waals surface area contributed by atoms with Gasteiger partial charge in [0.2, 0.25) is 11.8 Å². The molecule has 3 N–H and O–H groups in total. The minimum atomic E-state index is -0.315. The van der Waals surface area contributed by atoms with Gasteiger partial charge in [-0.1, -0.05) is 30.3 Å². The summed E-state index contributed by atoms with van der Waals surface area (Å²) in [5, 5.41) is 2.79. The van der Waals surface area contributed by atoms with Crippen LogP contribution in [0, 0.1) is 0 Å². The Hall–Kier alpha value is -1.92. The van der Waals surface area contributed by atoms with E-state index in [9.17, 15) is 9.59 Å². The van der Waals surface area contributed by atoms with Crippen molar-refractivity contribution >= 4 is 11.8 Å². The number of nitrogens with zero attached hydrogens (tertiary/aromatic N) is 2. The first-order valence-corrected chi connectivity index (χ1v) is 8.10. The molecule has 2 amide bonds. The molecule has 1 aliphatic heterocycles. The minimum Gasteiger partial charge on any atom is -0.356 e. The van der Waals surface area contributed by atoms with Gasteiger partial charge in [0.25, 0.3) is 0 Å². The van der Waals surface area contributed by atoms with Crippen LogP contribution in [0.4, 0.5) is 0 Å². The van der Waals surface area contributed by atoms with Crippen LogP contribution in [0.15, 0.2) is 30.3 Å². The third kappa shape index (κ3) is 5.65. The summed E-state index contributed by atoms with van der Waals surface area (Å²) in [6.07, 6.45) is 0.572. The molecule has 1 unspecified atom stereocenters. The van der Waals surface area contributed by atoms with E-state index in [1.54, 1.807) is 0 Å². The van der Waals surface area contributed by atoms with Gasteiger partial charge in [0.05, 0.1) is 0 Å². The Labute approximate surface area is 137 Å². The van der Waals surface area contributed by atoms with Gasteiger partial charge in [-0.15, -0.1) is 0 Å². The molecule has 2 rings (SSSR count). The predicted octanol–water partition coefficient (Wildman–Crippen LogP) is 0.357. The van der Waals surface area contributed by atoms with Gasteiger partial charge in [0.1, 0.15) is 0 Å². The Balaban J connectivity index is 1.65. The Bertz CT molecular complexity index is 513. The molecule has 0 aliphatic carbocycles. The summed E-state index contributed by atoms with van der Waals surface area (Å²) in [6.45, 7) is 3.71. The number of amides is 2. The molecule has 1 atom stereocenters. The van der Waals surface area contributed by atoms with Gasteiger partial charge in [0.15, 0.2) is 0 Å². The predicted molar refractivity (Wildman–Crippen MR) is 89.7 cm³/mol. The van der Waals surface area contributed by atoms with Crippen molar-refractivity contribution in [2.45, 2.75) is 18.9 Å². The molecular formula is C17H26N4O2. The number of likely N-dealkylation sites (N-methyl/N-ethyl adjacent to an activating group) is 1. The van der Waals surface area contributed by atoms with E-state index in [1.165, 1.54) is 0 Å². The van der Waals surface area contributed by atoms with E-state index in [1.807, 2.05) is 35.2 Å². The fraction of sp³-hybridized carbons (Fsp3) is 0.529. The second-order valence-corrected chi connectivity index (χ2v) is 6.01. The lowest BCUT2D eigenvalue weighted by atomic mass is 10.0. The van der Waals surface area contributed by atoms with Gasteiger partial charge in [0, 0.05) is 51.6 Å². The van der Waals surface area contributed by atoms with Gasteiger partial charge in [-0.2, -0.15) is 0 Å². The molecule has 6 nitrogen and oxygen atoms in total. The van der Waals surface area contributed by atoms with Crippen molar-refractivity contribution in [1.29, 1.82) is 0 Å². The average Bonchev–Trinajstić information content (AvgIpc) is 2.56. The highest BCUT2D eigenvalue weighted by atomic mass is 16.2. The third-order valence-electron chi connectivity index (χ3n) is 4.15. The molecule has 126 valence electrons. The summed E-state index contributed by atoms with van der Waals surface area (Å²) in [4.78, 5) is 28.0. The van der Waals surface area contributed by atoms with Crippen LogP contribution in [-0.4, -0.2) is 61.4 Å². The Morgan fingerprint density at radius 2 is 1.83 bits per heavy atom. The van der Waals surface area contributed by atoms with Gasteiger partial charge in [-0.05, 0) is 12.6 Å². The molecule has 6 heteroatoms. The molecule has 1 fully saturated rings. The standard InChI is InChI=1S/C17H26N4O2/c1-20-9-11-21(12-10-20)17(23)7-8-19-16(22)13-15(18)14-5-3-2-4-6-14/h2-6,15H,7-13,18H2,1H3,(H,19,22). The summed E-state index contributed by atoms with van der Waals surface area (Å²) in [7, 11) is 2.05. The van der Waals surface area contributed by atoms with Crippen LogP contribution in [0.1, 0.15) is 24.4 Å². The highest BCUT2D eigenvalue weighted by Gasteiger charge is 2.19. The largest absolute Gasteiger partial charge is 0.356 e. The SMILES string of the molecule is CN1CCN(C(=O)CCNC(=O)CC(N)c2ccccc2)CC1. The van der Waals surface area contributed by atoms with Crippen molar-refractivity contribution in [2.24, 2.45) is 5.73 Å². The number of carbonyl (C=O) groups excluding carboxylic acids is 2. The van der Waals surface area contributed by atoms with Crippen LogP contribution < -0.4 is 11.1 Å².